The monoisotopic (exact) mass is 476 g/mol. The zero-order valence-corrected chi connectivity index (χ0v) is 20.7. The summed E-state index contributed by atoms with van der Waals surface area (Å²) in [5, 5.41) is 13.8. The van der Waals surface area contributed by atoms with Crippen LogP contribution < -0.4 is 10.5 Å². The van der Waals surface area contributed by atoms with E-state index < -0.39 is 0 Å². The Hall–Kier alpha value is -3.29. The van der Waals surface area contributed by atoms with Gasteiger partial charge in [0.05, 0.1) is 34.9 Å². The molecule has 0 aromatic carbocycles. The third-order valence-corrected chi connectivity index (χ3v) is 7.67. The van der Waals surface area contributed by atoms with Crippen LogP contribution in [-0.2, 0) is 13.5 Å². The maximum Gasteiger partial charge on any atom is 0.255 e. The third kappa shape index (κ3) is 3.75. The molecule has 5 rings (SSSR count). The number of rotatable bonds is 5. The van der Waals surface area contributed by atoms with E-state index in [-0.39, 0.29) is 24.1 Å². The lowest BCUT2D eigenvalue weighted by Gasteiger charge is -2.48. The molecule has 4 aromatic heterocycles. The molecule has 10 heteroatoms. The summed E-state index contributed by atoms with van der Waals surface area (Å²) in [6, 6.07) is 10.4. The van der Waals surface area contributed by atoms with Crippen molar-refractivity contribution in [3.63, 3.8) is 0 Å². The molecule has 1 unspecified atom stereocenters. The van der Waals surface area contributed by atoms with Gasteiger partial charge in [-0.25, -0.2) is 14.5 Å². The molecule has 0 radical (unpaired) electrons. The number of aromatic nitrogens is 5. The summed E-state index contributed by atoms with van der Waals surface area (Å²) in [4.78, 5) is 27.8. The van der Waals surface area contributed by atoms with Gasteiger partial charge >= 0.3 is 0 Å². The summed E-state index contributed by atoms with van der Waals surface area (Å²) in [6.45, 7) is 8.23. The first-order chi connectivity index (χ1) is 16.4. The van der Waals surface area contributed by atoms with Crippen LogP contribution >= 0.6 is 11.3 Å². The first kappa shape index (κ1) is 22.5. The average molecular weight is 477 g/mol. The Kier molecular flexibility index (Phi) is 5.83. The second-order valence-electron chi connectivity index (χ2n) is 8.99. The molecule has 4 aromatic rings. The highest BCUT2D eigenvalue weighted by Gasteiger charge is 2.35. The summed E-state index contributed by atoms with van der Waals surface area (Å²) in [6.07, 6.45) is 1.19. The average Bonchev–Trinajstić information content (AvgIpc) is 3.48. The molecule has 9 nitrogen and oxygen atoms in total. The predicted octanol–water partition coefficient (Wildman–Crippen LogP) is 3.15. The van der Waals surface area contributed by atoms with E-state index >= 15 is 0 Å². The highest BCUT2D eigenvalue weighted by atomic mass is 32.1. The second kappa shape index (κ2) is 8.81. The van der Waals surface area contributed by atoms with Crippen molar-refractivity contribution >= 4 is 33.1 Å². The Morgan fingerprint density at radius 1 is 1.29 bits per heavy atom. The highest BCUT2D eigenvalue weighted by Crippen LogP contribution is 2.31. The fourth-order valence-electron chi connectivity index (χ4n) is 4.97. The Bertz CT molecular complexity index is 1450. The van der Waals surface area contributed by atoms with Gasteiger partial charge in [-0.1, -0.05) is 6.92 Å². The van der Waals surface area contributed by atoms with Crippen LogP contribution in [0.3, 0.4) is 0 Å². The van der Waals surface area contributed by atoms with Crippen LogP contribution in [0.25, 0.3) is 16.0 Å². The van der Waals surface area contributed by atoms with Gasteiger partial charge in [0.1, 0.15) is 16.3 Å². The maximum atomic E-state index is 12.8. The summed E-state index contributed by atoms with van der Waals surface area (Å²) >= 11 is 1.57. The fraction of sp³-hybridized carbons (Fsp3) is 0.458. The zero-order valence-electron chi connectivity index (χ0n) is 19.8. The lowest BCUT2D eigenvalue weighted by atomic mass is 10.0. The van der Waals surface area contributed by atoms with Crippen LogP contribution in [0.2, 0.25) is 0 Å². The smallest absolute Gasteiger partial charge is 0.255 e. The van der Waals surface area contributed by atoms with E-state index in [0.717, 1.165) is 41.4 Å². The van der Waals surface area contributed by atoms with Crippen LogP contribution in [0.15, 0.2) is 34.6 Å². The summed E-state index contributed by atoms with van der Waals surface area (Å²) in [5.74, 6) is 0.782. The molecule has 34 heavy (non-hydrogen) atoms. The molecule has 1 fully saturated rings. The highest BCUT2D eigenvalue weighted by molar-refractivity contribution is 7.16. The molecule has 176 valence electrons. The topological polar surface area (TPSA) is 95.3 Å². The van der Waals surface area contributed by atoms with Gasteiger partial charge in [0.15, 0.2) is 0 Å². The SMILES string of the molecule is CC[C@@H]1CN(c2cc(=O)n(C)c3cc(CC#N)nn23)[C@@H](C)CN1C(C)c1ccc2ncsc2n1. The molecule has 0 amide bonds. The van der Waals surface area contributed by atoms with E-state index in [0.29, 0.717) is 17.4 Å². The van der Waals surface area contributed by atoms with Gasteiger partial charge in [0.2, 0.25) is 0 Å². The lowest BCUT2D eigenvalue weighted by molar-refractivity contribution is 0.103. The van der Waals surface area contributed by atoms with Crippen molar-refractivity contribution in [2.75, 3.05) is 18.0 Å². The van der Waals surface area contributed by atoms with Crippen molar-refractivity contribution in [3.8, 4) is 6.07 Å². The first-order valence-electron chi connectivity index (χ1n) is 11.6. The number of piperazine rings is 1. The predicted molar refractivity (Wildman–Crippen MR) is 133 cm³/mol. The number of nitriles is 1. The van der Waals surface area contributed by atoms with Crippen molar-refractivity contribution in [2.24, 2.45) is 7.05 Å². The van der Waals surface area contributed by atoms with E-state index in [1.807, 2.05) is 16.1 Å². The normalized spacial score (nSPS) is 20.1. The van der Waals surface area contributed by atoms with Crippen molar-refractivity contribution < 1.29 is 0 Å². The van der Waals surface area contributed by atoms with Crippen LogP contribution in [0.5, 0.6) is 0 Å². The Labute approximate surface area is 201 Å². The van der Waals surface area contributed by atoms with Gasteiger partial charge in [-0.05, 0) is 32.4 Å². The molecule has 1 aliphatic rings. The Balaban J connectivity index is 1.48. The number of anilines is 1. The zero-order chi connectivity index (χ0) is 24.0. The molecule has 3 atom stereocenters. The first-order valence-corrected chi connectivity index (χ1v) is 12.5. The molecule has 0 saturated carbocycles. The van der Waals surface area contributed by atoms with Crippen molar-refractivity contribution in [2.45, 2.75) is 51.7 Å². The molecular weight excluding hydrogens is 448 g/mol. The maximum absolute atomic E-state index is 12.8. The van der Waals surface area contributed by atoms with Crippen LogP contribution in [0.4, 0.5) is 5.82 Å². The number of thiazole rings is 1. The summed E-state index contributed by atoms with van der Waals surface area (Å²) < 4.78 is 3.40. The molecule has 1 aliphatic heterocycles. The van der Waals surface area contributed by atoms with E-state index in [9.17, 15) is 4.79 Å². The summed E-state index contributed by atoms with van der Waals surface area (Å²) in [7, 11) is 1.74. The van der Waals surface area contributed by atoms with Gasteiger partial charge in [0, 0.05) is 50.4 Å². The van der Waals surface area contributed by atoms with Crippen molar-refractivity contribution in [1.29, 1.82) is 5.26 Å². The van der Waals surface area contributed by atoms with Gasteiger partial charge in [-0.15, -0.1) is 11.3 Å². The Morgan fingerprint density at radius 3 is 2.88 bits per heavy atom. The molecule has 0 N–H and O–H groups in total. The Morgan fingerprint density at radius 2 is 2.12 bits per heavy atom. The number of nitrogens with zero attached hydrogens (tertiary/aromatic N) is 8. The van der Waals surface area contributed by atoms with E-state index in [1.54, 1.807) is 29.0 Å². The minimum Gasteiger partial charge on any atom is -0.351 e. The number of hydrogen-bond donors (Lipinski definition) is 0. The number of hydrogen-bond acceptors (Lipinski definition) is 8. The number of aryl methyl sites for hydroxylation is 1. The minimum atomic E-state index is -0.0796. The van der Waals surface area contributed by atoms with Crippen molar-refractivity contribution in [1.82, 2.24) is 29.0 Å². The standard InChI is InChI=1S/C24H28N8OS/c1-5-18-13-30(22-11-23(33)29(4)21-10-17(8-9-25)28-32(21)22)15(2)12-31(18)16(3)19-6-7-20-24(27-19)34-14-26-20/h6-7,10-11,14-16,18H,5,8,12-13H2,1-4H3/t15-,16?,18+/m0/s1. The molecular formula is C24H28N8OS. The van der Waals surface area contributed by atoms with Crippen LogP contribution in [0.1, 0.15) is 44.6 Å². The molecule has 1 saturated heterocycles. The lowest BCUT2D eigenvalue weighted by Crippen LogP contribution is -2.58. The summed E-state index contributed by atoms with van der Waals surface area (Å²) in [5.41, 5.74) is 5.12. The van der Waals surface area contributed by atoms with Gasteiger partial charge in [-0.3, -0.25) is 14.3 Å². The number of pyridine rings is 1. The third-order valence-electron chi connectivity index (χ3n) is 6.94. The quantitative estimate of drug-likeness (QED) is 0.437. The number of fused-ring (bicyclic) bond motifs is 2. The molecule has 0 spiro atoms. The van der Waals surface area contributed by atoms with E-state index in [4.69, 9.17) is 10.2 Å². The van der Waals surface area contributed by atoms with E-state index in [2.05, 4.69) is 58.9 Å². The second-order valence-corrected chi connectivity index (χ2v) is 9.82. The van der Waals surface area contributed by atoms with E-state index in [1.165, 1.54) is 0 Å². The molecule has 5 heterocycles. The van der Waals surface area contributed by atoms with Gasteiger partial charge in [-0.2, -0.15) is 10.4 Å². The van der Waals surface area contributed by atoms with Crippen molar-refractivity contribution in [3.05, 3.63) is 51.5 Å². The molecule has 0 aliphatic carbocycles. The fourth-order valence-corrected chi connectivity index (χ4v) is 5.64. The molecule has 0 bridgehead atoms. The van der Waals surface area contributed by atoms with Gasteiger partial charge < -0.3 is 4.90 Å². The van der Waals surface area contributed by atoms with Crippen LogP contribution in [0, 0.1) is 11.3 Å². The van der Waals surface area contributed by atoms with Gasteiger partial charge in [0.25, 0.3) is 5.56 Å². The largest absolute Gasteiger partial charge is 0.351 e. The minimum absolute atomic E-state index is 0.0796. The van der Waals surface area contributed by atoms with Crippen LogP contribution in [-0.4, -0.2) is 54.2 Å².